The second kappa shape index (κ2) is 11.7. The van der Waals surface area contributed by atoms with Gasteiger partial charge in [-0.25, -0.2) is 0 Å². The van der Waals surface area contributed by atoms with E-state index in [9.17, 15) is 0 Å². The maximum absolute atomic E-state index is 8.36. The molecule has 1 atom stereocenters. The number of hydrogen-bond donors (Lipinski definition) is 2. The van der Waals surface area contributed by atoms with Gasteiger partial charge in [0.1, 0.15) is 5.84 Å². The maximum Gasteiger partial charge on any atom is 0.139 e. The molecule has 0 aromatic heterocycles. The van der Waals surface area contributed by atoms with Crippen molar-refractivity contribution in [2.45, 2.75) is 58.8 Å². The van der Waals surface area contributed by atoms with Crippen molar-refractivity contribution in [3.05, 3.63) is 0 Å². The zero-order valence-corrected chi connectivity index (χ0v) is 11.3. The molecule has 0 radical (unpaired) electrons. The summed E-state index contributed by atoms with van der Waals surface area (Å²) in [4.78, 5) is 0. The number of nitrogens with two attached hydrogens (primary N) is 1. The van der Waals surface area contributed by atoms with E-state index in [1.807, 2.05) is 0 Å². The fourth-order valence-corrected chi connectivity index (χ4v) is 1.71. The molecule has 0 fully saturated rings. The predicted octanol–water partition coefficient (Wildman–Crippen LogP) is 3.14. The van der Waals surface area contributed by atoms with Crippen LogP contribution in [0.25, 0.3) is 0 Å². The summed E-state index contributed by atoms with van der Waals surface area (Å²) in [5, 5.41) is 11.3. The molecule has 0 spiro atoms. The van der Waals surface area contributed by atoms with Crippen LogP contribution in [0.5, 0.6) is 0 Å². The SMILES string of the molecule is CCCCC(CC)COCCCC/C(N)=N/O. The summed E-state index contributed by atoms with van der Waals surface area (Å²) in [5.41, 5.74) is 5.37. The van der Waals surface area contributed by atoms with Gasteiger partial charge in [-0.1, -0.05) is 38.3 Å². The number of oxime groups is 1. The Hall–Kier alpha value is -0.770. The number of amidine groups is 1. The van der Waals surface area contributed by atoms with E-state index in [0.717, 1.165) is 26.1 Å². The normalized spacial score (nSPS) is 13.9. The molecule has 102 valence electrons. The Morgan fingerprint density at radius 3 is 2.65 bits per heavy atom. The van der Waals surface area contributed by atoms with Crippen LogP contribution in [-0.2, 0) is 4.74 Å². The van der Waals surface area contributed by atoms with Crippen molar-refractivity contribution >= 4 is 5.84 Å². The van der Waals surface area contributed by atoms with Crippen molar-refractivity contribution in [3.63, 3.8) is 0 Å². The summed E-state index contributed by atoms with van der Waals surface area (Å²) in [6.07, 6.45) is 7.57. The fourth-order valence-electron chi connectivity index (χ4n) is 1.71. The molecule has 0 saturated carbocycles. The van der Waals surface area contributed by atoms with Gasteiger partial charge >= 0.3 is 0 Å². The van der Waals surface area contributed by atoms with Crippen LogP contribution in [0.1, 0.15) is 58.8 Å². The number of nitrogens with zero attached hydrogens (tertiary/aromatic N) is 1. The Kier molecular flexibility index (Phi) is 11.2. The predicted molar refractivity (Wildman–Crippen MR) is 71.4 cm³/mol. The zero-order valence-electron chi connectivity index (χ0n) is 11.3. The molecule has 0 amide bonds. The number of ether oxygens (including phenoxy) is 1. The van der Waals surface area contributed by atoms with Crippen molar-refractivity contribution in [1.29, 1.82) is 0 Å². The molecular formula is C13H28N2O2. The molecule has 0 rings (SSSR count). The molecular weight excluding hydrogens is 216 g/mol. The molecule has 0 aliphatic heterocycles. The van der Waals surface area contributed by atoms with Gasteiger partial charge < -0.3 is 15.7 Å². The number of rotatable bonds is 11. The average Bonchev–Trinajstić information content (AvgIpc) is 2.36. The molecule has 0 bridgehead atoms. The van der Waals surface area contributed by atoms with Crippen molar-refractivity contribution < 1.29 is 9.94 Å². The average molecular weight is 244 g/mol. The van der Waals surface area contributed by atoms with Crippen LogP contribution >= 0.6 is 0 Å². The van der Waals surface area contributed by atoms with Gasteiger partial charge in [0.05, 0.1) is 0 Å². The van der Waals surface area contributed by atoms with E-state index in [-0.39, 0.29) is 0 Å². The van der Waals surface area contributed by atoms with Crippen molar-refractivity contribution in [3.8, 4) is 0 Å². The highest BCUT2D eigenvalue weighted by molar-refractivity contribution is 5.79. The van der Waals surface area contributed by atoms with Gasteiger partial charge in [-0.15, -0.1) is 0 Å². The third kappa shape index (κ3) is 10.1. The van der Waals surface area contributed by atoms with Crippen molar-refractivity contribution in [2.75, 3.05) is 13.2 Å². The van der Waals surface area contributed by atoms with Crippen LogP contribution in [-0.4, -0.2) is 24.3 Å². The zero-order chi connectivity index (χ0) is 12.9. The van der Waals surface area contributed by atoms with Gasteiger partial charge in [-0.2, -0.15) is 0 Å². The van der Waals surface area contributed by atoms with E-state index < -0.39 is 0 Å². The van der Waals surface area contributed by atoms with Crippen molar-refractivity contribution in [2.24, 2.45) is 16.8 Å². The fraction of sp³-hybridized carbons (Fsp3) is 0.923. The number of hydrogen-bond acceptors (Lipinski definition) is 3. The molecule has 17 heavy (non-hydrogen) atoms. The molecule has 0 aromatic carbocycles. The molecule has 0 aliphatic carbocycles. The highest BCUT2D eigenvalue weighted by atomic mass is 16.5. The minimum Gasteiger partial charge on any atom is -0.409 e. The summed E-state index contributed by atoms with van der Waals surface area (Å²) in [5.74, 6) is 1.01. The van der Waals surface area contributed by atoms with E-state index in [0.29, 0.717) is 18.2 Å². The first kappa shape index (κ1) is 16.2. The van der Waals surface area contributed by atoms with Gasteiger partial charge in [0.15, 0.2) is 0 Å². The molecule has 4 heteroatoms. The lowest BCUT2D eigenvalue weighted by molar-refractivity contribution is 0.0914. The standard InChI is InChI=1S/C13H28N2O2/c1-3-5-8-12(4-2)11-17-10-7-6-9-13(14)15-16/h12,16H,3-11H2,1-2H3,(H2,14,15). The largest absolute Gasteiger partial charge is 0.409 e. The lowest BCUT2D eigenvalue weighted by Gasteiger charge is -2.14. The minimum atomic E-state index is 0.305. The topological polar surface area (TPSA) is 67.8 Å². The summed E-state index contributed by atoms with van der Waals surface area (Å²) >= 11 is 0. The second-order valence-electron chi connectivity index (χ2n) is 4.54. The quantitative estimate of drug-likeness (QED) is 0.193. The monoisotopic (exact) mass is 244 g/mol. The summed E-state index contributed by atoms with van der Waals surface area (Å²) in [6, 6.07) is 0. The first-order valence-electron chi connectivity index (χ1n) is 6.78. The summed E-state index contributed by atoms with van der Waals surface area (Å²) < 4.78 is 5.66. The Labute approximate surface area is 105 Å². The van der Waals surface area contributed by atoms with Crippen LogP contribution in [0, 0.1) is 5.92 Å². The van der Waals surface area contributed by atoms with Gasteiger partial charge in [0.2, 0.25) is 0 Å². The molecule has 3 N–H and O–H groups in total. The minimum absolute atomic E-state index is 0.305. The third-order valence-electron chi connectivity index (χ3n) is 3.00. The molecule has 0 aliphatic rings. The van der Waals surface area contributed by atoms with Crippen LogP contribution in [0.2, 0.25) is 0 Å². The smallest absolute Gasteiger partial charge is 0.139 e. The Bertz CT molecular complexity index is 196. The van der Waals surface area contributed by atoms with Gasteiger partial charge in [-0.05, 0) is 25.2 Å². The highest BCUT2D eigenvalue weighted by Gasteiger charge is 2.05. The lowest BCUT2D eigenvalue weighted by Crippen LogP contribution is -2.12. The second-order valence-corrected chi connectivity index (χ2v) is 4.54. The Morgan fingerprint density at radius 1 is 1.29 bits per heavy atom. The van der Waals surface area contributed by atoms with Crippen LogP contribution in [0.3, 0.4) is 0 Å². The van der Waals surface area contributed by atoms with Crippen molar-refractivity contribution in [1.82, 2.24) is 0 Å². The maximum atomic E-state index is 8.36. The first-order chi connectivity index (χ1) is 8.24. The van der Waals surface area contributed by atoms with Gasteiger partial charge in [0.25, 0.3) is 0 Å². The highest BCUT2D eigenvalue weighted by Crippen LogP contribution is 2.13. The van der Waals surface area contributed by atoms with Crippen LogP contribution < -0.4 is 5.73 Å². The lowest BCUT2D eigenvalue weighted by atomic mass is 10.0. The van der Waals surface area contributed by atoms with E-state index in [1.54, 1.807) is 0 Å². The van der Waals surface area contributed by atoms with E-state index in [1.165, 1.54) is 25.7 Å². The Morgan fingerprint density at radius 2 is 2.06 bits per heavy atom. The van der Waals surface area contributed by atoms with Gasteiger partial charge in [-0.3, -0.25) is 0 Å². The van der Waals surface area contributed by atoms with Gasteiger partial charge in [0, 0.05) is 19.6 Å². The molecule has 0 heterocycles. The molecule has 0 aromatic rings. The summed E-state index contributed by atoms with van der Waals surface area (Å²) in [6.45, 7) is 6.10. The Balaban J connectivity index is 3.36. The van der Waals surface area contributed by atoms with E-state index in [4.69, 9.17) is 15.7 Å². The molecule has 1 unspecified atom stereocenters. The van der Waals surface area contributed by atoms with E-state index >= 15 is 0 Å². The first-order valence-corrected chi connectivity index (χ1v) is 6.78. The molecule has 4 nitrogen and oxygen atoms in total. The number of unbranched alkanes of at least 4 members (excludes halogenated alkanes) is 2. The summed E-state index contributed by atoms with van der Waals surface area (Å²) in [7, 11) is 0. The van der Waals surface area contributed by atoms with E-state index in [2.05, 4.69) is 19.0 Å². The third-order valence-corrected chi connectivity index (χ3v) is 3.00. The van der Waals surface area contributed by atoms with Crippen LogP contribution in [0.4, 0.5) is 0 Å². The molecule has 0 saturated heterocycles. The van der Waals surface area contributed by atoms with Crippen LogP contribution in [0.15, 0.2) is 5.16 Å².